The van der Waals surface area contributed by atoms with Gasteiger partial charge in [-0.25, -0.2) is 0 Å². The Morgan fingerprint density at radius 1 is 1.02 bits per heavy atom. The second kappa shape index (κ2) is 10.7. The maximum absolute atomic E-state index is 14.4. The summed E-state index contributed by atoms with van der Waals surface area (Å²) in [5, 5.41) is 10.1. The molecule has 4 heterocycles. The van der Waals surface area contributed by atoms with Crippen molar-refractivity contribution in [3.05, 3.63) is 48.6 Å². The molecule has 5 aliphatic rings. The molecule has 3 amide bonds. The Morgan fingerprint density at radius 3 is 2.48 bits per heavy atom. The average Bonchev–Trinajstić information content (AvgIpc) is 3.29. The van der Waals surface area contributed by atoms with E-state index in [1.807, 2.05) is 60.4 Å². The van der Waals surface area contributed by atoms with Crippen LogP contribution < -0.4 is 9.64 Å². The molecule has 6 rings (SSSR count). The summed E-state index contributed by atoms with van der Waals surface area (Å²) in [7, 11) is 0. The van der Waals surface area contributed by atoms with Crippen LogP contribution in [0.25, 0.3) is 0 Å². The number of nitrogens with zero attached hydrogens (tertiary/aromatic N) is 3. The number of aliphatic hydroxyl groups is 1. The van der Waals surface area contributed by atoms with Crippen molar-refractivity contribution in [3.63, 3.8) is 0 Å². The standard InChI is InChI=1S/C31H39N3O6/c1-3-39-23-14-12-22(13-15-23)32-17-7-11-24-25(28(32)36)26-29(37)34(20(2)19-35)27-30(38)33(21-9-5-4-6-10-21)18-8-16-31(26,27)40-24/h7-8,11-16,20-21,24-27,35H,3-6,9-10,17-19H2,1-2H3/t20-,24-,25+,26+,27?,31+/m1/s1. The van der Waals surface area contributed by atoms with E-state index >= 15 is 0 Å². The molecular formula is C31H39N3O6. The van der Waals surface area contributed by atoms with Gasteiger partial charge in [0.1, 0.15) is 17.4 Å². The lowest BCUT2D eigenvalue weighted by Crippen LogP contribution is -2.59. The fourth-order valence-corrected chi connectivity index (χ4v) is 7.50. The normalized spacial score (nSPS) is 33.0. The van der Waals surface area contributed by atoms with Crippen LogP contribution in [0.3, 0.4) is 0 Å². The third-order valence-electron chi connectivity index (χ3n) is 9.34. The van der Waals surface area contributed by atoms with Crippen LogP contribution in [-0.4, -0.2) is 88.8 Å². The molecule has 9 heteroatoms. The van der Waals surface area contributed by atoms with Gasteiger partial charge >= 0.3 is 0 Å². The molecule has 1 aromatic rings. The lowest BCUT2D eigenvalue weighted by molar-refractivity contribution is -0.151. The lowest BCUT2D eigenvalue weighted by atomic mass is 9.77. The molecule has 40 heavy (non-hydrogen) atoms. The van der Waals surface area contributed by atoms with Crippen molar-refractivity contribution in [1.29, 1.82) is 0 Å². The van der Waals surface area contributed by atoms with Crippen LogP contribution >= 0.6 is 0 Å². The highest BCUT2D eigenvalue weighted by Crippen LogP contribution is 2.54. The number of rotatable bonds is 6. The first-order chi connectivity index (χ1) is 19.4. The Bertz CT molecular complexity index is 1210. The molecule has 1 aromatic carbocycles. The number of amides is 3. The van der Waals surface area contributed by atoms with Crippen LogP contribution in [0.2, 0.25) is 0 Å². The highest BCUT2D eigenvalue weighted by atomic mass is 16.5. The molecular weight excluding hydrogens is 510 g/mol. The van der Waals surface area contributed by atoms with Gasteiger partial charge in [-0.1, -0.05) is 43.6 Å². The molecule has 214 valence electrons. The number of benzene rings is 1. The number of hydrogen-bond acceptors (Lipinski definition) is 6. The number of carbonyl (C=O) groups is 3. The largest absolute Gasteiger partial charge is 0.494 e. The van der Waals surface area contributed by atoms with E-state index in [0.29, 0.717) is 25.4 Å². The number of ether oxygens (including phenoxy) is 2. The van der Waals surface area contributed by atoms with E-state index in [2.05, 4.69) is 0 Å². The Hall–Kier alpha value is -3.17. The quantitative estimate of drug-likeness (QED) is 0.548. The van der Waals surface area contributed by atoms with E-state index in [1.54, 1.807) is 11.8 Å². The van der Waals surface area contributed by atoms with Crippen LogP contribution in [0.5, 0.6) is 5.75 Å². The summed E-state index contributed by atoms with van der Waals surface area (Å²) >= 11 is 0. The summed E-state index contributed by atoms with van der Waals surface area (Å²) in [5.41, 5.74) is -0.573. The third kappa shape index (κ3) is 4.16. The zero-order chi connectivity index (χ0) is 28.0. The second-order valence-corrected chi connectivity index (χ2v) is 11.6. The Balaban J connectivity index is 1.38. The van der Waals surface area contributed by atoms with Gasteiger partial charge in [0.15, 0.2) is 0 Å². The molecule has 1 N–H and O–H groups in total. The summed E-state index contributed by atoms with van der Waals surface area (Å²) < 4.78 is 12.3. The minimum Gasteiger partial charge on any atom is -0.494 e. The summed E-state index contributed by atoms with van der Waals surface area (Å²) in [6.45, 7) is 4.73. The summed E-state index contributed by atoms with van der Waals surface area (Å²) in [5.74, 6) is -1.61. The van der Waals surface area contributed by atoms with E-state index in [1.165, 1.54) is 11.3 Å². The summed E-state index contributed by atoms with van der Waals surface area (Å²) in [4.78, 5) is 48.0. The van der Waals surface area contributed by atoms with Gasteiger partial charge in [-0.2, -0.15) is 0 Å². The number of anilines is 1. The molecule has 0 aromatic heterocycles. The molecule has 6 atom stereocenters. The highest BCUT2D eigenvalue weighted by Gasteiger charge is 2.72. The summed E-state index contributed by atoms with van der Waals surface area (Å²) in [6.07, 6.45) is 12.2. The van der Waals surface area contributed by atoms with E-state index in [9.17, 15) is 19.5 Å². The molecule has 4 aliphatic heterocycles. The van der Waals surface area contributed by atoms with Crippen molar-refractivity contribution in [1.82, 2.24) is 9.80 Å². The second-order valence-electron chi connectivity index (χ2n) is 11.6. The van der Waals surface area contributed by atoms with E-state index < -0.39 is 35.6 Å². The monoisotopic (exact) mass is 549 g/mol. The molecule has 1 unspecified atom stereocenters. The fraction of sp³-hybridized carbons (Fsp3) is 0.581. The van der Waals surface area contributed by atoms with Crippen molar-refractivity contribution in [3.8, 4) is 5.75 Å². The minimum absolute atomic E-state index is 0.116. The van der Waals surface area contributed by atoms with Crippen LogP contribution in [0, 0.1) is 11.8 Å². The lowest BCUT2D eigenvalue weighted by Gasteiger charge is -2.40. The van der Waals surface area contributed by atoms with Gasteiger partial charge in [0.05, 0.1) is 37.2 Å². The third-order valence-corrected chi connectivity index (χ3v) is 9.34. The molecule has 2 saturated heterocycles. The van der Waals surface area contributed by atoms with E-state index in [0.717, 1.165) is 31.4 Å². The number of carbonyl (C=O) groups excluding carboxylic acids is 3. The molecule has 9 nitrogen and oxygen atoms in total. The predicted octanol–water partition coefficient (Wildman–Crippen LogP) is 2.68. The first-order valence-electron chi connectivity index (χ1n) is 14.7. The molecule has 0 bridgehead atoms. The van der Waals surface area contributed by atoms with Crippen molar-refractivity contribution in [2.24, 2.45) is 11.8 Å². The summed E-state index contributed by atoms with van der Waals surface area (Å²) in [6, 6.07) is 5.95. The Kier molecular flexibility index (Phi) is 7.21. The fourth-order valence-electron chi connectivity index (χ4n) is 7.50. The van der Waals surface area contributed by atoms with Gasteiger partial charge in [-0.3, -0.25) is 14.4 Å². The molecule has 0 radical (unpaired) electrons. The molecule has 3 fully saturated rings. The topological polar surface area (TPSA) is 99.6 Å². The maximum atomic E-state index is 14.4. The average molecular weight is 550 g/mol. The zero-order valence-electron chi connectivity index (χ0n) is 23.3. The van der Waals surface area contributed by atoms with Crippen molar-refractivity contribution < 1.29 is 29.0 Å². The highest BCUT2D eigenvalue weighted by molar-refractivity contribution is 6.04. The van der Waals surface area contributed by atoms with Gasteiger partial charge in [0, 0.05) is 24.8 Å². The number of fused-ring (bicyclic) bond motifs is 2. The Labute approximate surface area is 235 Å². The van der Waals surface area contributed by atoms with Crippen LogP contribution in [0.1, 0.15) is 46.0 Å². The maximum Gasteiger partial charge on any atom is 0.249 e. The van der Waals surface area contributed by atoms with Gasteiger partial charge in [0.25, 0.3) is 0 Å². The number of likely N-dealkylation sites (tertiary alicyclic amines) is 1. The van der Waals surface area contributed by atoms with E-state index in [4.69, 9.17) is 9.47 Å². The number of aliphatic hydroxyl groups excluding tert-OH is 1. The van der Waals surface area contributed by atoms with Crippen LogP contribution in [-0.2, 0) is 19.1 Å². The predicted molar refractivity (Wildman–Crippen MR) is 149 cm³/mol. The van der Waals surface area contributed by atoms with Crippen LogP contribution in [0.15, 0.2) is 48.6 Å². The van der Waals surface area contributed by atoms with Gasteiger partial charge in [0.2, 0.25) is 17.7 Å². The molecule has 1 spiro atoms. The minimum atomic E-state index is -1.28. The van der Waals surface area contributed by atoms with Gasteiger partial charge in [-0.15, -0.1) is 0 Å². The van der Waals surface area contributed by atoms with Crippen LogP contribution in [0.4, 0.5) is 5.69 Å². The first kappa shape index (κ1) is 27.0. The molecule has 1 saturated carbocycles. The Morgan fingerprint density at radius 2 is 1.77 bits per heavy atom. The first-order valence-corrected chi connectivity index (χ1v) is 14.7. The van der Waals surface area contributed by atoms with Crippen molar-refractivity contribution >= 4 is 23.4 Å². The zero-order valence-corrected chi connectivity index (χ0v) is 23.3. The van der Waals surface area contributed by atoms with Crippen molar-refractivity contribution in [2.75, 3.05) is 31.2 Å². The van der Waals surface area contributed by atoms with E-state index in [-0.39, 0.29) is 30.4 Å². The van der Waals surface area contributed by atoms with Gasteiger partial charge in [-0.05, 0) is 51.0 Å². The number of hydrogen-bond donors (Lipinski definition) is 1. The van der Waals surface area contributed by atoms with Crippen molar-refractivity contribution in [2.45, 2.75) is 75.8 Å². The van der Waals surface area contributed by atoms with Gasteiger partial charge < -0.3 is 29.3 Å². The molecule has 1 aliphatic carbocycles. The smallest absolute Gasteiger partial charge is 0.249 e. The SMILES string of the molecule is CCOc1ccc(N2CC=C[C@H]3O[C@]45C=CCN(C6CCCCC6)C(=O)C4N([C@H](C)CO)C(=O)[C@@H]5[C@H]3C2=O)cc1.